The van der Waals surface area contributed by atoms with Crippen LogP contribution in [-0.2, 0) is 9.59 Å². The Hall–Kier alpha value is -1.10. The van der Waals surface area contributed by atoms with E-state index in [-0.39, 0.29) is 12.5 Å². The van der Waals surface area contributed by atoms with Crippen LogP contribution in [0.3, 0.4) is 0 Å². The number of nitrogens with zero attached hydrogens (tertiary/aromatic N) is 1. The minimum atomic E-state index is -0.927. The number of rotatable bonds is 5. The summed E-state index contributed by atoms with van der Waals surface area (Å²) < 4.78 is 0. The smallest absolute Gasteiger partial charge is 0.323 e. The Morgan fingerprint density at radius 3 is 2.61 bits per heavy atom. The summed E-state index contributed by atoms with van der Waals surface area (Å²) in [5.74, 6) is -0.458. The SMILES string of the molecule is CC1(C(=O)N(CC(=O)O)CC2CC2)CCCCN1. The van der Waals surface area contributed by atoms with Gasteiger partial charge in [0.25, 0.3) is 0 Å². The Balaban J connectivity index is 2.02. The van der Waals surface area contributed by atoms with Crippen LogP contribution in [-0.4, -0.2) is 47.1 Å². The average Bonchev–Trinajstić information content (AvgIpc) is 3.11. The highest BCUT2D eigenvalue weighted by Gasteiger charge is 2.39. The molecule has 102 valence electrons. The van der Waals surface area contributed by atoms with Crippen molar-refractivity contribution >= 4 is 11.9 Å². The molecule has 18 heavy (non-hydrogen) atoms. The lowest BCUT2D eigenvalue weighted by Gasteiger charge is -2.37. The standard InChI is InChI=1S/C13H22N2O3/c1-13(6-2-3-7-14-13)12(18)15(9-11(16)17)8-10-4-5-10/h10,14H,2-9H2,1H3,(H,16,17). The number of piperidine rings is 1. The Morgan fingerprint density at radius 2 is 2.11 bits per heavy atom. The molecule has 2 rings (SSSR count). The third-order valence-corrected chi connectivity index (χ3v) is 3.88. The van der Waals surface area contributed by atoms with E-state index in [0.29, 0.717) is 12.5 Å². The fourth-order valence-electron chi connectivity index (χ4n) is 2.58. The minimum Gasteiger partial charge on any atom is -0.480 e. The molecule has 1 heterocycles. The Morgan fingerprint density at radius 1 is 1.39 bits per heavy atom. The first kappa shape index (κ1) is 13.3. The molecule has 0 radical (unpaired) electrons. The topological polar surface area (TPSA) is 69.6 Å². The molecule has 1 saturated heterocycles. The van der Waals surface area contributed by atoms with Gasteiger partial charge in [0, 0.05) is 6.54 Å². The molecule has 2 N–H and O–H groups in total. The number of amides is 1. The lowest BCUT2D eigenvalue weighted by Crippen LogP contribution is -2.59. The van der Waals surface area contributed by atoms with Gasteiger partial charge in [-0.3, -0.25) is 9.59 Å². The van der Waals surface area contributed by atoms with E-state index < -0.39 is 11.5 Å². The van der Waals surface area contributed by atoms with E-state index in [1.165, 1.54) is 4.90 Å². The summed E-state index contributed by atoms with van der Waals surface area (Å²) in [6, 6.07) is 0. The Labute approximate surface area is 108 Å². The lowest BCUT2D eigenvalue weighted by molar-refractivity contribution is -0.148. The predicted molar refractivity (Wildman–Crippen MR) is 67.2 cm³/mol. The summed E-state index contributed by atoms with van der Waals surface area (Å²) in [6.45, 7) is 3.16. The zero-order valence-corrected chi connectivity index (χ0v) is 10.9. The molecule has 5 nitrogen and oxygen atoms in total. The third-order valence-electron chi connectivity index (χ3n) is 3.88. The van der Waals surface area contributed by atoms with Crippen LogP contribution in [0.1, 0.15) is 39.0 Å². The second kappa shape index (κ2) is 5.26. The summed E-state index contributed by atoms with van der Waals surface area (Å²) in [7, 11) is 0. The van der Waals surface area contributed by atoms with E-state index in [1.54, 1.807) is 0 Å². The molecule has 0 aromatic carbocycles. The number of carbonyl (C=O) groups is 2. The van der Waals surface area contributed by atoms with E-state index in [0.717, 1.165) is 38.6 Å². The van der Waals surface area contributed by atoms with Gasteiger partial charge in [-0.05, 0) is 51.5 Å². The normalized spacial score (nSPS) is 27.8. The summed E-state index contributed by atoms with van der Waals surface area (Å²) in [4.78, 5) is 24.9. The molecule has 2 aliphatic rings. The summed E-state index contributed by atoms with van der Waals surface area (Å²) in [5.41, 5.74) is -0.567. The zero-order valence-electron chi connectivity index (χ0n) is 10.9. The van der Waals surface area contributed by atoms with Crippen LogP contribution in [0, 0.1) is 5.92 Å². The molecule has 5 heteroatoms. The van der Waals surface area contributed by atoms with Gasteiger partial charge >= 0.3 is 5.97 Å². The monoisotopic (exact) mass is 254 g/mol. The maximum Gasteiger partial charge on any atom is 0.323 e. The summed E-state index contributed by atoms with van der Waals surface area (Å²) in [6.07, 6.45) is 5.15. The van der Waals surface area contributed by atoms with Gasteiger partial charge in [-0.25, -0.2) is 0 Å². The summed E-state index contributed by atoms with van der Waals surface area (Å²) >= 11 is 0. The van der Waals surface area contributed by atoms with Crippen molar-refractivity contribution in [3.05, 3.63) is 0 Å². The highest BCUT2D eigenvalue weighted by atomic mass is 16.4. The largest absolute Gasteiger partial charge is 0.480 e. The molecule has 2 fully saturated rings. The maximum atomic E-state index is 12.5. The molecule has 1 amide bonds. The van der Waals surface area contributed by atoms with Gasteiger partial charge in [0.2, 0.25) is 5.91 Å². The van der Waals surface area contributed by atoms with E-state index in [9.17, 15) is 9.59 Å². The van der Waals surface area contributed by atoms with Crippen molar-refractivity contribution in [1.82, 2.24) is 10.2 Å². The van der Waals surface area contributed by atoms with E-state index in [2.05, 4.69) is 5.32 Å². The van der Waals surface area contributed by atoms with Crippen LogP contribution in [0.4, 0.5) is 0 Å². The van der Waals surface area contributed by atoms with Crippen molar-refractivity contribution in [2.45, 2.75) is 44.6 Å². The molecular weight excluding hydrogens is 232 g/mol. The van der Waals surface area contributed by atoms with Crippen LogP contribution in [0.2, 0.25) is 0 Å². The van der Waals surface area contributed by atoms with Gasteiger partial charge in [-0.2, -0.15) is 0 Å². The van der Waals surface area contributed by atoms with E-state index in [1.807, 2.05) is 6.92 Å². The molecule has 1 aliphatic heterocycles. The molecule has 1 aliphatic carbocycles. The van der Waals surface area contributed by atoms with Crippen LogP contribution >= 0.6 is 0 Å². The van der Waals surface area contributed by atoms with Gasteiger partial charge in [0.1, 0.15) is 6.54 Å². The molecular formula is C13H22N2O3. The van der Waals surface area contributed by atoms with Crippen molar-refractivity contribution in [1.29, 1.82) is 0 Å². The van der Waals surface area contributed by atoms with E-state index in [4.69, 9.17) is 5.11 Å². The first-order valence-corrected chi connectivity index (χ1v) is 6.77. The van der Waals surface area contributed by atoms with Gasteiger partial charge < -0.3 is 15.3 Å². The van der Waals surface area contributed by atoms with Gasteiger partial charge in [0.05, 0.1) is 5.54 Å². The molecule has 0 aromatic heterocycles. The Kier molecular flexibility index (Phi) is 3.90. The second-order valence-electron chi connectivity index (χ2n) is 5.74. The van der Waals surface area contributed by atoms with Crippen LogP contribution < -0.4 is 5.32 Å². The number of hydrogen-bond acceptors (Lipinski definition) is 3. The predicted octanol–water partition coefficient (Wildman–Crippen LogP) is 0.842. The van der Waals surface area contributed by atoms with Crippen molar-refractivity contribution in [2.75, 3.05) is 19.6 Å². The van der Waals surface area contributed by atoms with E-state index >= 15 is 0 Å². The number of carboxylic acids is 1. The average molecular weight is 254 g/mol. The molecule has 1 atom stereocenters. The lowest BCUT2D eigenvalue weighted by atomic mass is 9.89. The molecule has 0 bridgehead atoms. The maximum absolute atomic E-state index is 12.5. The highest BCUT2D eigenvalue weighted by molar-refractivity contribution is 5.88. The fourth-order valence-corrected chi connectivity index (χ4v) is 2.58. The molecule has 1 saturated carbocycles. The number of carbonyl (C=O) groups excluding carboxylic acids is 1. The van der Waals surface area contributed by atoms with Crippen molar-refractivity contribution in [2.24, 2.45) is 5.92 Å². The zero-order chi connectivity index (χ0) is 13.2. The van der Waals surface area contributed by atoms with Gasteiger partial charge in [0.15, 0.2) is 0 Å². The van der Waals surface area contributed by atoms with Crippen LogP contribution in [0.15, 0.2) is 0 Å². The molecule has 1 unspecified atom stereocenters. The van der Waals surface area contributed by atoms with Crippen molar-refractivity contribution in [3.8, 4) is 0 Å². The minimum absolute atomic E-state index is 0.0449. The van der Waals surface area contributed by atoms with Crippen molar-refractivity contribution < 1.29 is 14.7 Å². The first-order chi connectivity index (χ1) is 8.51. The fraction of sp³-hybridized carbons (Fsp3) is 0.846. The number of hydrogen-bond donors (Lipinski definition) is 2. The van der Waals surface area contributed by atoms with Gasteiger partial charge in [-0.1, -0.05) is 0 Å². The number of nitrogens with one attached hydrogen (secondary N) is 1. The molecule has 0 aromatic rings. The summed E-state index contributed by atoms with van der Waals surface area (Å²) in [5, 5.41) is 12.2. The van der Waals surface area contributed by atoms with Crippen molar-refractivity contribution in [3.63, 3.8) is 0 Å². The van der Waals surface area contributed by atoms with Crippen LogP contribution in [0.5, 0.6) is 0 Å². The van der Waals surface area contributed by atoms with Gasteiger partial charge in [-0.15, -0.1) is 0 Å². The third kappa shape index (κ3) is 3.22. The molecule has 0 spiro atoms. The second-order valence-corrected chi connectivity index (χ2v) is 5.74. The first-order valence-electron chi connectivity index (χ1n) is 6.77. The number of carboxylic acid groups (broad SMARTS) is 1. The highest BCUT2D eigenvalue weighted by Crippen LogP contribution is 2.31. The Bertz CT molecular complexity index is 333. The number of aliphatic carboxylic acids is 1. The quantitative estimate of drug-likeness (QED) is 0.763. The van der Waals surface area contributed by atoms with Crippen LogP contribution in [0.25, 0.3) is 0 Å².